The summed E-state index contributed by atoms with van der Waals surface area (Å²) in [5, 5.41) is 53.9. The van der Waals surface area contributed by atoms with E-state index in [1.165, 1.54) is 12.3 Å². The normalized spacial score (nSPS) is 53.9. The van der Waals surface area contributed by atoms with Crippen molar-refractivity contribution in [2.45, 2.75) is 118 Å². The van der Waals surface area contributed by atoms with Crippen LogP contribution in [0.3, 0.4) is 0 Å². The standard InChI is InChI=1S/C30H40O11/c1-27-8-4-17-18(29(27,37)10-5-16(27)15-2-3-21(33)38-13-15)6-11-30(25-19(39-25)7-9-28(17,30)14-32)41-26-24(36)23(35)22(34)20(12-31)40-26/h2-3,13-14,16-20,22-26,31,34-37H,4-12H2,1H3. The van der Waals surface area contributed by atoms with Crippen molar-refractivity contribution in [3.63, 3.8) is 0 Å². The predicted molar refractivity (Wildman–Crippen MR) is 139 cm³/mol. The topological polar surface area (TPSA) is 179 Å². The van der Waals surface area contributed by atoms with E-state index in [2.05, 4.69) is 6.92 Å². The van der Waals surface area contributed by atoms with Gasteiger partial charge in [-0.3, -0.25) is 0 Å². The smallest absolute Gasteiger partial charge is 0.335 e. The molecular formula is C30H40O11. The van der Waals surface area contributed by atoms with Crippen molar-refractivity contribution in [1.29, 1.82) is 0 Å². The number of aliphatic hydroxyl groups excluding tert-OH is 4. The van der Waals surface area contributed by atoms with Gasteiger partial charge in [0.15, 0.2) is 6.29 Å². The summed E-state index contributed by atoms with van der Waals surface area (Å²) in [5.41, 5.74) is -3.23. The third-order valence-electron chi connectivity index (χ3n) is 12.3. The molecule has 1 aromatic heterocycles. The SMILES string of the molecule is CC12CCC3C(CCC4(OC5OC(CO)C(O)C(O)C5O)C5OC5CCC34C=O)C1(O)CCC2c1ccc(=O)oc1. The molecular weight excluding hydrogens is 536 g/mol. The molecule has 0 amide bonds. The fourth-order valence-corrected chi connectivity index (χ4v) is 10.1. The molecule has 11 heteroatoms. The summed E-state index contributed by atoms with van der Waals surface area (Å²) in [6.45, 7) is 1.54. The number of hydrogen-bond donors (Lipinski definition) is 5. The molecule has 4 aliphatic carbocycles. The van der Waals surface area contributed by atoms with Crippen LogP contribution in [0.5, 0.6) is 0 Å². The van der Waals surface area contributed by atoms with Crippen molar-refractivity contribution < 1.29 is 49.0 Å². The Labute approximate surface area is 237 Å². The first-order valence-electron chi connectivity index (χ1n) is 15.0. The third kappa shape index (κ3) is 3.61. The van der Waals surface area contributed by atoms with E-state index in [4.69, 9.17) is 18.6 Å². The van der Waals surface area contributed by atoms with E-state index in [1.54, 1.807) is 6.07 Å². The summed E-state index contributed by atoms with van der Waals surface area (Å²) < 4.78 is 23.6. The zero-order valence-electron chi connectivity index (χ0n) is 23.1. The molecule has 3 heterocycles. The third-order valence-corrected chi connectivity index (χ3v) is 12.3. The van der Waals surface area contributed by atoms with Gasteiger partial charge in [0.2, 0.25) is 0 Å². The summed E-state index contributed by atoms with van der Waals surface area (Å²) >= 11 is 0. The first-order chi connectivity index (χ1) is 19.5. The largest absolute Gasteiger partial charge is 0.431 e. The van der Waals surface area contributed by atoms with Crippen LogP contribution in [0.1, 0.15) is 69.8 Å². The van der Waals surface area contributed by atoms with Crippen LogP contribution in [0.25, 0.3) is 0 Å². The number of carbonyl (C=O) groups is 1. The number of epoxide rings is 1. The van der Waals surface area contributed by atoms with Crippen molar-refractivity contribution in [2.24, 2.45) is 22.7 Å². The van der Waals surface area contributed by atoms with Crippen LogP contribution in [0.4, 0.5) is 0 Å². The second-order valence-corrected chi connectivity index (χ2v) is 13.6. The molecule has 4 saturated carbocycles. The summed E-state index contributed by atoms with van der Waals surface area (Å²) in [5.74, 6) is -0.396. The highest BCUT2D eigenvalue weighted by Crippen LogP contribution is 2.73. The molecule has 7 rings (SSSR count). The van der Waals surface area contributed by atoms with E-state index in [-0.39, 0.29) is 23.9 Å². The van der Waals surface area contributed by atoms with E-state index in [0.29, 0.717) is 44.9 Å². The molecule has 0 spiro atoms. The minimum Gasteiger partial charge on any atom is -0.431 e. The van der Waals surface area contributed by atoms with Gasteiger partial charge in [0.25, 0.3) is 0 Å². The van der Waals surface area contributed by atoms with Gasteiger partial charge in [0, 0.05) is 11.5 Å². The van der Waals surface area contributed by atoms with E-state index in [0.717, 1.165) is 18.3 Å². The Morgan fingerprint density at radius 3 is 2.46 bits per heavy atom. The van der Waals surface area contributed by atoms with Crippen LogP contribution in [-0.4, -0.2) is 92.5 Å². The first kappa shape index (κ1) is 28.1. The monoisotopic (exact) mass is 576 g/mol. The molecule has 0 radical (unpaired) electrons. The zero-order chi connectivity index (χ0) is 28.9. The highest BCUT2D eigenvalue weighted by atomic mass is 16.7. The van der Waals surface area contributed by atoms with Crippen LogP contribution in [0.15, 0.2) is 27.6 Å². The Balaban J connectivity index is 1.24. The Morgan fingerprint density at radius 1 is 0.976 bits per heavy atom. The van der Waals surface area contributed by atoms with Crippen molar-refractivity contribution in [3.8, 4) is 0 Å². The molecule has 6 fully saturated rings. The maximum Gasteiger partial charge on any atom is 0.335 e. The fourth-order valence-electron chi connectivity index (χ4n) is 10.1. The van der Waals surface area contributed by atoms with Crippen molar-refractivity contribution >= 4 is 6.29 Å². The van der Waals surface area contributed by atoms with Gasteiger partial charge in [-0.1, -0.05) is 6.92 Å². The van der Waals surface area contributed by atoms with Gasteiger partial charge in [0.1, 0.15) is 42.4 Å². The average Bonchev–Trinajstić information content (AvgIpc) is 3.72. The number of rotatable bonds is 5. The minimum atomic E-state index is -1.60. The average molecular weight is 577 g/mol. The first-order valence-corrected chi connectivity index (χ1v) is 15.0. The second-order valence-electron chi connectivity index (χ2n) is 13.6. The molecule has 2 aliphatic heterocycles. The lowest BCUT2D eigenvalue weighted by Crippen LogP contribution is -2.72. The Morgan fingerprint density at radius 2 is 1.76 bits per heavy atom. The molecule has 14 unspecified atom stereocenters. The van der Waals surface area contributed by atoms with Crippen LogP contribution in [0.2, 0.25) is 0 Å². The summed E-state index contributed by atoms with van der Waals surface area (Å²) in [6.07, 6.45) is -0.488. The molecule has 14 atom stereocenters. The van der Waals surface area contributed by atoms with E-state index in [1.807, 2.05) is 0 Å². The van der Waals surface area contributed by atoms with E-state index >= 15 is 0 Å². The van der Waals surface area contributed by atoms with Crippen LogP contribution < -0.4 is 5.63 Å². The van der Waals surface area contributed by atoms with Gasteiger partial charge in [-0.05, 0) is 80.8 Å². The maximum absolute atomic E-state index is 13.4. The second kappa shape index (κ2) is 9.40. The Hall–Kier alpha value is -1.70. The molecule has 0 aromatic carbocycles. The lowest BCUT2D eigenvalue weighted by atomic mass is 9.41. The number of hydrogen-bond acceptors (Lipinski definition) is 11. The maximum atomic E-state index is 13.4. The van der Waals surface area contributed by atoms with Gasteiger partial charge in [-0.25, -0.2) is 4.79 Å². The van der Waals surface area contributed by atoms with Gasteiger partial charge in [-0.2, -0.15) is 0 Å². The van der Waals surface area contributed by atoms with Crippen LogP contribution >= 0.6 is 0 Å². The molecule has 0 bridgehead atoms. The summed E-state index contributed by atoms with van der Waals surface area (Å²) in [4.78, 5) is 25.0. The van der Waals surface area contributed by atoms with Gasteiger partial charge >= 0.3 is 5.63 Å². The number of carbonyl (C=O) groups excluding carboxylic acids is 1. The molecule has 1 aromatic rings. The van der Waals surface area contributed by atoms with E-state index in [9.17, 15) is 35.1 Å². The highest BCUT2D eigenvalue weighted by Gasteiger charge is 2.77. The lowest BCUT2D eigenvalue weighted by Gasteiger charge is -2.65. The van der Waals surface area contributed by atoms with Gasteiger partial charge in [-0.15, -0.1) is 0 Å². The number of ether oxygens (including phenoxy) is 3. The van der Waals surface area contributed by atoms with E-state index < -0.39 is 71.1 Å². The highest BCUT2D eigenvalue weighted by molar-refractivity contribution is 5.65. The fraction of sp³-hybridized carbons (Fsp3) is 0.800. The molecule has 41 heavy (non-hydrogen) atoms. The summed E-state index contributed by atoms with van der Waals surface area (Å²) in [7, 11) is 0. The van der Waals surface area contributed by atoms with Gasteiger partial charge in [0.05, 0.1) is 30.0 Å². The van der Waals surface area contributed by atoms with Crippen molar-refractivity contribution in [3.05, 3.63) is 34.4 Å². The zero-order valence-corrected chi connectivity index (χ0v) is 23.1. The van der Waals surface area contributed by atoms with Crippen LogP contribution in [0, 0.1) is 22.7 Å². The minimum absolute atomic E-state index is 0.00420. The van der Waals surface area contributed by atoms with Gasteiger partial charge < -0.3 is 49.0 Å². The number of aldehydes is 1. The molecule has 226 valence electrons. The molecule has 6 aliphatic rings. The summed E-state index contributed by atoms with van der Waals surface area (Å²) in [6, 6.07) is 3.21. The molecule has 2 saturated heterocycles. The van der Waals surface area contributed by atoms with Crippen molar-refractivity contribution in [1.82, 2.24) is 0 Å². The molecule has 11 nitrogen and oxygen atoms in total. The Kier molecular flexibility index (Phi) is 6.44. The van der Waals surface area contributed by atoms with Crippen molar-refractivity contribution in [2.75, 3.05) is 6.61 Å². The number of aliphatic hydroxyl groups is 5. The lowest BCUT2D eigenvalue weighted by molar-refractivity contribution is -0.356. The Bertz CT molecular complexity index is 1230. The number of fused-ring (bicyclic) bond motifs is 7. The quantitative estimate of drug-likeness (QED) is 0.186. The molecule has 5 N–H and O–H groups in total. The van der Waals surface area contributed by atoms with Crippen LogP contribution in [-0.2, 0) is 19.0 Å². The predicted octanol–water partition coefficient (Wildman–Crippen LogP) is 0.376.